The Kier molecular flexibility index (Phi) is 4.41. The van der Waals surface area contributed by atoms with E-state index in [9.17, 15) is 4.79 Å². The number of allylic oxidation sites excluding steroid dienone is 2. The molecule has 0 unspecified atom stereocenters. The Balaban J connectivity index is 2.39. The largest absolute Gasteiger partial charge is 0.465 e. The monoisotopic (exact) mass is 206 g/mol. The lowest BCUT2D eigenvalue weighted by Crippen LogP contribution is -2.00. The minimum Gasteiger partial charge on any atom is -0.465 e. The number of carbonyl (C=O) groups excluding carboxylic acids is 1. The minimum absolute atomic E-state index is 0.266. The van der Waals surface area contributed by atoms with Crippen molar-refractivity contribution in [3.8, 4) is 0 Å². The average Bonchev–Trinajstić information content (AvgIpc) is 2.67. The van der Waals surface area contributed by atoms with E-state index in [4.69, 9.17) is 9.15 Å². The smallest absolute Gasteiger partial charge is 0.302 e. The molecule has 0 fully saturated rings. The number of hydrogen-bond donors (Lipinski definition) is 0. The highest BCUT2D eigenvalue weighted by Gasteiger charge is 1.92. The lowest BCUT2D eigenvalue weighted by Gasteiger charge is -1.99. The molecule has 0 aliphatic carbocycles. The molecule has 0 atom stereocenters. The lowest BCUT2D eigenvalue weighted by atomic mass is 10.3. The van der Waals surface area contributed by atoms with Gasteiger partial charge in [-0.2, -0.15) is 0 Å². The third kappa shape index (κ3) is 4.86. The van der Waals surface area contributed by atoms with Crippen LogP contribution in [0.2, 0.25) is 0 Å². The Bertz CT molecular complexity index is 358. The van der Waals surface area contributed by atoms with E-state index in [-0.39, 0.29) is 5.97 Å². The molecule has 0 aliphatic rings. The molecule has 0 N–H and O–H groups in total. The van der Waals surface area contributed by atoms with Gasteiger partial charge >= 0.3 is 5.97 Å². The second-order valence-electron chi connectivity index (χ2n) is 3.17. The van der Waals surface area contributed by atoms with Gasteiger partial charge in [-0.1, -0.05) is 12.2 Å². The molecule has 0 saturated carbocycles. The first-order valence-corrected chi connectivity index (χ1v) is 4.69. The molecule has 0 radical (unpaired) electrons. The summed E-state index contributed by atoms with van der Waals surface area (Å²) in [7, 11) is 0. The van der Waals surface area contributed by atoms with E-state index in [1.165, 1.54) is 6.92 Å². The molecule has 0 aromatic carbocycles. The van der Waals surface area contributed by atoms with Crippen LogP contribution in [0.3, 0.4) is 0 Å². The van der Waals surface area contributed by atoms with Gasteiger partial charge in [0.1, 0.15) is 12.4 Å². The summed E-state index contributed by atoms with van der Waals surface area (Å²) in [5, 5.41) is 0. The zero-order valence-corrected chi connectivity index (χ0v) is 8.90. The van der Waals surface area contributed by atoms with Crippen molar-refractivity contribution in [2.75, 3.05) is 6.61 Å². The molecule has 3 nitrogen and oxygen atoms in total. The van der Waals surface area contributed by atoms with Crippen molar-refractivity contribution in [2.45, 2.75) is 13.8 Å². The maximum atomic E-state index is 10.5. The second kappa shape index (κ2) is 5.86. The van der Waals surface area contributed by atoms with Crippen molar-refractivity contribution in [1.29, 1.82) is 0 Å². The van der Waals surface area contributed by atoms with Gasteiger partial charge in [-0.05, 0) is 30.7 Å². The van der Waals surface area contributed by atoms with Gasteiger partial charge in [0, 0.05) is 6.92 Å². The van der Waals surface area contributed by atoms with Crippen molar-refractivity contribution in [3.05, 3.63) is 41.9 Å². The fourth-order valence-corrected chi connectivity index (χ4v) is 0.957. The molecule has 1 aromatic rings. The Morgan fingerprint density at radius 1 is 1.53 bits per heavy atom. The lowest BCUT2D eigenvalue weighted by molar-refractivity contribution is -0.139. The van der Waals surface area contributed by atoms with Crippen LogP contribution >= 0.6 is 0 Å². The number of carbonyl (C=O) groups is 1. The normalized spacial score (nSPS) is 12.0. The quantitative estimate of drug-likeness (QED) is 0.561. The van der Waals surface area contributed by atoms with E-state index >= 15 is 0 Å². The van der Waals surface area contributed by atoms with Gasteiger partial charge in [0.25, 0.3) is 0 Å². The Hall–Kier alpha value is -1.77. The summed E-state index contributed by atoms with van der Waals surface area (Å²) < 4.78 is 9.94. The highest BCUT2D eigenvalue weighted by Crippen LogP contribution is 2.03. The molecular formula is C12H14O3. The Morgan fingerprint density at radius 3 is 2.93 bits per heavy atom. The predicted molar refractivity (Wildman–Crippen MR) is 58.1 cm³/mol. The fourth-order valence-electron chi connectivity index (χ4n) is 0.957. The SMILES string of the molecule is CC(=O)OC/C(C)=C/C=C/c1ccco1. The molecular weight excluding hydrogens is 192 g/mol. The van der Waals surface area contributed by atoms with E-state index in [0.29, 0.717) is 6.61 Å². The molecule has 1 rings (SSSR count). The van der Waals surface area contributed by atoms with Crippen LogP contribution in [0.1, 0.15) is 19.6 Å². The van der Waals surface area contributed by atoms with Crippen LogP contribution in [0.15, 0.2) is 40.5 Å². The Labute approximate surface area is 89.0 Å². The van der Waals surface area contributed by atoms with Crippen molar-refractivity contribution in [2.24, 2.45) is 0 Å². The minimum atomic E-state index is -0.266. The summed E-state index contributed by atoms with van der Waals surface area (Å²) in [6.07, 6.45) is 7.20. The van der Waals surface area contributed by atoms with Gasteiger partial charge in [0.15, 0.2) is 0 Å². The second-order valence-corrected chi connectivity index (χ2v) is 3.17. The number of ether oxygens (including phenoxy) is 1. The van der Waals surface area contributed by atoms with Crippen LogP contribution in [-0.4, -0.2) is 12.6 Å². The number of rotatable bonds is 4. The number of esters is 1. The summed E-state index contributed by atoms with van der Waals surface area (Å²) >= 11 is 0. The topological polar surface area (TPSA) is 39.4 Å². The van der Waals surface area contributed by atoms with Gasteiger partial charge in [-0.3, -0.25) is 4.79 Å². The van der Waals surface area contributed by atoms with Crippen LogP contribution in [0, 0.1) is 0 Å². The summed E-state index contributed by atoms with van der Waals surface area (Å²) in [6.45, 7) is 3.62. The van der Waals surface area contributed by atoms with E-state index in [1.54, 1.807) is 6.26 Å². The zero-order valence-electron chi connectivity index (χ0n) is 8.90. The molecule has 1 heterocycles. The molecule has 0 aliphatic heterocycles. The summed E-state index contributed by atoms with van der Waals surface area (Å²) in [4.78, 5) is 10.5. The molecule has 0 amide bonds. The first-order valence-electron chi connectivity index (χ1n) is 4.69. The molecule has 15 heavy (non-hydrogen) atoms. The third-order valence-electron chi connectivity index (χ3n) is 1.69. The fraction of sp³-hybridized carbons (Fsp3) is 0.250. The van der Waals surface area contributed by atoms with Gasteiger partial charge in [-0.15, -0.1) is 0 Å². The summed E-state index contributed by atoms with van der Waals surface area (Å²) in [5.74, 6) is 0.532. The molecule has 0 bridgehead atoms. The maximum absolute atomic E-state index is 10.5. The van der Waals surface area contributed by atoms with Crippen LogP contribution in [0.5, 0.6) is 0 Å². The van der Waals surface area contributed by atoms with Gasteiger partial charge in [-0.25, -0.2) is 0 Å². The summed E-state index contributed by atoms with van der Waals surface area (Å²) in [5.41, 5.74) is 0.980. The first-order chi connectivity index (χ1) is 7.18. The van der Waals surface area contributed by atoms with Crippen LogP contribution in [0.25, 0.3) is 6.08 Å². The average molecular weight is 206 g/mol. The highest BCUT2D eigenvalue weighted by atomic mass is 16.5. The summed E-state index contributed by atoms with van der Waals surface area (Å²) in [6, 6.07) is 3.70. The number of furan rings is 1. The molecule has 0 spiro atoms. The van der Waals surface area contributed by atoms with Crippen LogP contribution < -0.4 is 0 Å². The van der Waals surface area contributed by atoms with Crippen molar-refractivity contribution in [1.82, 2.24) is 0 Å². The van der Waals surface area contributed by atoms with Crippen LogP contribution in [0.4, 0.5) is 0 Å². The molecule has 1 aromatic heterocycles. The van der Waals surface area contributed by atoms with Gasteiger partial charge < -0.3 is 9.15 Å². The van der Waals surface area contributed by atoms with Crippen LogP contribution in [-0.2, 0) is 9.53 Å². The van der Waals surface area contributed by atoms with Crippen molar-refractivity contribution in [3.63, 3.8) is 0 Å². The van der Waals surface area contributed by atoms with E-state index < -0.39 is 0 Å². The van der Waals surface area contributed by atoms with E-state index in [1.807, 2.05) is 37.3 Å². The molecule has 0 saturated heterocycles. The zero-order chi connectivity index (χ0) is 11.1. The molecule has 3 heteroatoms. The van der Waals surface area contributed by atoms with E-state index in [0.717, 1.165) is 11.3 Å². The van der Waals surface area contributed by atoms with E-state index in [2.05, 4.69) is 0 Å². The first kappa shape index (κ1) is 11.3. The van der Waals surface area contributed by atoms with Crippen molar-refractivity contribution < 1.29 is 13.9 Å². The number of hydrogen-bond acceptors (Lipinski definition) is 3. The molecule has 80 valence electrons. The predicted octanol–water partition coefficient (Wildman–Crippen LogP) is 2.80. The van der Waals surface area contributed by atoms with Gasteiger partial charge in [0.05, 0.1) is 6.26 Å². The highest BCUT2D eigenvalue weighted by molar-refractivity contribution is 5.66. The standard InChI is InChI=1S/C12H14O3/c1-10(9-15-11(2)13)5-3-6-12-7-4-8-14-12/h3-8H,9H2,1-2H3/b6-3+,10-5+. The van der Waals surface area contributed by atoms with Crippen molar-refractivity contribution >= 4 is 12.0 Å². The third-order valence-corrected chi connectivity index (χ3v) is 1.69. The van der Waals surface area contributed by atoms with Gasteiger partial charge in [0.2, 0.25) is 0 Å². The maximum Gasteiger partial charge on any atom is 0.302 e. The Morgan fingerprint density at radius 2 is 2.33 bits per heavy atom.